The molecule has 198 valence electrons. The summed E-state index contributed by atoms with van der Waals surface area (Å²) in [6.45, 7) is 0.644. The second-order valence-corrected chi connectivity index (χ2v) is 11.2. The van der Waals surface area contributed by atoms with E-state index in [0.29, 0.717) is 28.0 Å². The fourth-order valence-electron chi connectivity index (χ4n) is 6.56. The molecule has 0 bridgehead atoms. The van der Waals surface area contributed by atoms with E-state index in [9.17, 15) is 15.3 Å². The summed E-state index contributed by atoms with van der Waals surface area (Å²) in [5, 5.41) is 41.4. The molecule has 9 nitrogen and oxygen atoms in total. The zero-order chi connectivity index (χ0) is 25.4. The summed E-state index contributed by atoms with van der Waals surface area (Å²) in [6, 6.07) is 4.77. The van der Waals surface area contributed by atoms with E-state index in [1.165, 1.54) is 26.4 Å². The van der Waals surface area contributed by atoms with E-state index in [1.807, 2.05) is 0 Å². The highest BCUT2D eigenvalue weighted by molar-refractivity contribution is 6.42. The molecule has 1 spiro atoms. The van der Waals surface area contributed by atoms with Crippen LogP contribution in [0.15, 0.2) is 28.3 Å². The molecule has 5 rings (SSSR count). The van der Waals surface area contributed by atoms with Gasteiger partial charge in [0.05, 0.1) is 28.5 Å². The topological polar surface area (TPSA) is 119 Å². The number of aliphatic hydroxyl groups is 3. The van der Waals surface area contributed by atoms with Gasteiger partial charge in [-0.2, -0.15) is 0 Å². The number of rotatable bonds is 4. The van der Waals surface area contributed by atoms with Gasteiger partial charge in [-0.05, 0) is 36.0 Å². The molecule has 3 heterocycles. The maximum atomic E-state index is 11.1. The van der Waals surface area contributed by atoms with Crippen LogP contribution < -0.4 is 5.32 Å². The highest BCUT2D eigenvalue weighted by Gasteiger charge is 2.60. The smallest absolute Gasteiger partial charge is 0.176 e. The maximum Gasteiger partial charge on any atom is 0.176 e. The van der Waals surface area contributed by atoms with E-state index in [4.69, 9.17) is 32.8 Å². The maximum absolute atomic E-state index is 11.1. The van der Waals surface area contributed by atoms with Crippen LogP contribution in [0.1, 0.15) is 56.6 Å². The first-order chi connectivity index (χ1) is 17.4. The number of benzene rings is 1. The average Bonchev–Trinajstić information content (AvgIpc) is 3.33. The monoisotopic (exact) mass is 540 g/mol. The number of fused-ring (bicyclic) bond motifs is 2. The Labute approximate surface area is 221 Å². The summed E-state index contributed by atoms with van der Waals surface area (Å²) in [5.41, 5.74) is 0.330. The Morgan fingerprint density at radius 2 is 1.86 bits per heavy atom. The largest absolute Gasteiger partial charge is 0.398 e. The molecular weight excluding hydrogens is 507 g/mol. The van der Waals surface area contributed by atoms with Crippen molar-refractivity contribution in [1.82, 2.24) is 10.2 Å². The van der Waals surface area contributed by atoms with Gasteiger partial charge in [0, 0.05) is 6.54 Å². The molecule has 0 aromatic heterocycles. The van der Waals surface area contributed by atoms with Crippen molar-refractivity contribution in [3.05, 3.63) is 33.8 Å². The van der Waals surface area contributed by atoms with Crippen molar-refractivity contribution in [1.29, 1.82) is 0 Å². The van der Waals surface area contributed by atoms with E-state index in [-0.39, 0.29) is 17.5 Å². The minimum Gasteiger partial charge on any atom is -0.398 e. The summed E-state index contributed by atoms with van der Waals surface area (Å²) in [4.78, 5) is 11.7. The molecule has 1 aromatic carbocycles. The Morgan fingerprint density at radius 1 is 1.14 bits per heavy atom. The molecule has 4 aliphatic rings. The van der Waals surface area contributed by atoms with Crippen LogP contribution in [-0.2, 0) is 9.57 Å². The number of aliphatic hydroxyl groups excluding tert-OH is 3. The quantitative estimate of drug-likeness (QED) is 0.433. The van der Waals surface area contributed by atoms with Crippen LogP contribution in [0.2, 0.25) is 10.0 Å². The lowest BCUT2D eigenvalue weighted by atomic mass is 9.68. The molecule has 2 unspecified atom stereocenters. The van der Waals surface area contributed by atoms with Gasteiger partial charge in [0.1, 0.15) is 37.8 Å². The van der Waals surface area contributed by atoms with Gasteiger partial charge in [-0.3, -0.25) is 4.90 Å². The average molecular weight is 541 g/mol. The Balaban J connectivity index is 1.44. The number of nitrogens with zero attached hydrogens (tertiary/aromatic N) is 3. The van der Waals surface area contributed by atoms with Gasteiger partial charge in [-0.1, -0.05) is 66.5 Å². The number of likely N-dealkylation sites (tertiary alicyclic amines) is 1. The first-order valence-corrected chi connectivity index (χ1v) is 13.4. The predicted molar refractivity (Wildman–Crippen MR) is 137 cm³/mol. The molecule has 3 fully saturated rings. The Morgan fingerprint density at radius 3 is 2.56 bits per heavy atom. The number of nitrogens with one attached hydrogen (secondary N) is 1. The van der Waals surface area contributed by atoms with Gasteiger partial charge < -0.3 is 30.2 Å². The second kappa shape index (κ2) is 10.7. The number of hydrogen-bond acceptors (Lipinski definition) is 8. The van der Waals surface area contributed by atoms with Crippen LogP contribution in [0.3, 0.4) is 0 Å². The van der Waals surface area contributed by atoms with Crippen molar-refractivity contribution in [3.63, 3.8) is 0 Å². The molecule has 4 N–H and O–H groups in total. The molecule has 7 atom stereocenters. The molecule has 3 aliphatic heterocycles. The number of halogens is 2. The first kappa shape index (κ1) is 26.2. The zero-order valence-electron chi connectivity index (χ0n) is 20.3. The highest BCUT2D eigenvalue weighted by Crippen LogP contribution is 2.51. The lowest BCUT2D eigenvalue weighted by molar-refractivity contribution is -0.124. The molecule has 1 aromatic rings. The molecule has 0 radical (unpaired) electrons. The van der Waals surface area contributed by atoms with Gasteiger partial charge in [0.25, 0.3) is 0 Å². The molecule has 2 saturated heterocycles. The van der Waals surface area contributed by atoms with Crippen molar-refractivity contribution in [2.45, 2.75) is 81.8 Å². The zero-order valence-corrected chi connectivity index (χ0v) is 21.8. The van der Waals surface area contributed by atoms with Crippen molar-refractivity contribution in [2.75, 3.05) is 13.7 Å². The number of amidine groups is 1. The number of hydrogen-bond donors (Lipinski definition) is 4. The minimum absolute atomic E-state index is 0.0625. The van der Waals surface area contributed by atoms with Crippen LogP contribution in [0.4, 0.5) is 0 Å². The molecule has 11 heteroatoms. The van der Waals surface area contributed by atoms with Gasteiger partial charge in [-0.25, -0.2) is 4.99 Å². The van der Waals surface area contributed by atoms with Gasteiger partial charge in [0.15, 0.2) is 5.84 Å². The van der Waals surface area contributed by atoms with Gasteiger partial charge >= 0.3 is 0 Å². The lowest BCUT2D eigenvalue weighted by Crippen LogP contribution is -2.55. The molecule has 36 heavy (non-hydrogen) atoms. The van der Waals surface area contributed by atoms with E-state index >= 15 is 0 Å². The van der Waals surface area contributed by atoms with Crippen LogP contribution in [-0.4, -0.2) is 76.8 Å². The fraction of sp³-hybridized carbons (Fsp3) is 0.680. The van der Waals surface area contributed by atoms with Crippen molar-refractivity contribution in [3.8, 4) is 0 Å². The van der Waals surface area contributed by atoms with Crippen LogP contribution in [0.25, 0.3) is 0 Å². The normalized spacial score (nSPS) is 36.3. The SMILES string of the molecule is CO/N=C1\N=CNC2C1C1(CCCCCCC1)CN2[C@@H]1O[C@H]([C@H](O)c2ccc(Cl)c(Cl)c2)[C@@H](O)[C@H]1O. The summed E-state index contributed by atoms with van der Waals surface area (Å²) in [6.07, 6.45) is 3.61. The summed E-state index contributed by atoms with van der Waals surface area (Å²) in [5.74, 6) is 0.567. The number of aliphatic imine (C=N–C) groups is 1. The molecule has 1 aliphatic carbocycles. The van der Waals surface area contributed by atoms with Crippen molar-refractivity contribution in [2.24, 2.45) is 21.5 Å². The standard InChI is InChI=1S/C25H34Cl2N4O5/c1-35-30-22-17-23(29-13-28-22)31(12-25(17)9-5-3-2-4-6-10-25)24-20(34)19(33)21(36-24)18(32)14-7-8-15(26)16(27)11-14/h7-8,11,13,17-21,23-24,32-34H,2-6,9-10,12H2,1H3,(H,28,29,30)/t17?,18-,19+,20-,21-,23?,24-/m1/s1. The Bertz CT molecular complexity index is 1000. The lowest BCUT2D eigenvalue weighted by Gasteiger charge is -2.38. The van der Waals surface area contributed by atoms with Gasteiger partial charge in [-0.15, -0.1) is 0 Å². The van der Waals surface area contributed by atoms with Gasteiger partial charge in [0.2, 0.25) is 0 Å². The summed E-state index contributed by atoms with van der Waals surface area (Å²) in [7, 11) is 1.52. The molecule has 1 saturated carbocycles. The van der Waals surface area contributed by atoms with Crippen LogP contribution in [0, 0.1) is 11.3 Å². The number of oxime groups is 1. The van der Waals surface area contributed by atoms with E-state index in [1.54, 1.807) is 24.5 Å². The highest BCUT2D eigenvalue weighted by atomic mass is 35.5. The Hall–Kier alpha value is -1.46. The Kier molecular flexibility index (Phi) is 7.79. The number of ether oxygens (including phenoxy) is 1. The summed E-state index contributed by atoms with van der Waals surface area (Å²) >= 11 is 12.2. The van der Waals surface area contributed by atoms with E-state index in [2.05, 4.69) is 20.4 Å². The van der Waals surface area contributed by atoms with E-state index in [0.717, 1.165) is 25.7 Å². The van der Waals surface area contributed by atoms with Crippen molar-refractivity contribution >= 4 is 35.4 Å². The van der Waals surface area contributed by atoms with Crippen molar-refractivity contribution < 1.29 is 24.9 Å². The third-order valence-corrected chi connectivity index (χ3v) is 9.02. The third-order valence-electron chi connectivity index (χ3n) is 8.28. The minimum atomic E-state index is -1.30. The summed E-state index contributed by atoms with van der Waals surface area (Å²) < 4.78 is 6.23. The molecular formula is C25H34Cl2N4O5. The fourth-order valence-corrected chi connectivity index (χ4v) is 6.87. The molecule has 0 amide bonds. The predicted octanol–water partition coefficient (Wildman–Crippen LogP) is 3.05. The van der Waals surface area contributed by atoms with E-state index < -0.39 is 30.6 Å². The van der Waals surface area contributed by atoms with Crippen LogP contribution >= 0.6 is 23.2 Å². The first-order valence-electron chi connectivity index (χ1n) is 12.7. The second-order valence-electron chi connectivity index (χ2n) is 10.4. The van der Waals surface area contributed by atoms with Crippen LogP contribution in [0.5, 0.6) is 0 Å². The third kappa shape index (κ3) is 4.64.